The summed E-state index contributed by atoms with van der Waals surface area (Å²) in [4.78, 5) is 15.7. The predicted molar refractivity (Wildman–Crippen MR) is 65.1 cm³/mol. The van der Waals surface area contributed by atoms with Crippen molar-refractivity contribution in [2.24, 2.45) is 0 Å². The highest BCUT2D eigenvalue weighted by atomic mass is 16.5. The molecule has 0 aliphatic heterocycles. The number of fused-ring (bicyclic) bond motifs is 1. The number of pyridine rings is 1. The first-order valence-corrected chi connectivity index (χ1v) is 5.51. The van der Waals surface area contributed by atoms with Gasteiger partial charge in [-0.15, -0.1) is 0 Å². The summed E-state index contributed by atoms with van der Waals surface area (Å²) in [6, 6.07) is 7.64. The first-order valence-electron chi connectivity index (χ1n) is 5.51. The third-order valence-corrected chi connectivity index (χ3v) is 2.84. The molecule has 0 atom stereocenters. The van der Waals surface area contributed by atoms with Gasteiger partial charge in [0.25, 0.3) is 5.91 Å². The Balaban J connectivity index is 2.74. The standard InChI is InChI=1S/C13H14N2O2/c1-3-9-5-4-6-10-8(2)7-11(13(16)15-17)14-12(9)10/h4-7,17H,3H2,1-2H3,(H,15,16). The smallest absolute Gasteiger partial charge is 0.288 e. The minimum atomic E-state index is -0.582. The summed E-state index contributed by atoms with van der Waals surface area (Å²) >= 11 is 0. The molecule has 4 nitrogen and oxygen atoms in total. The Kier molecular flexibility index (Phi) is 3.06. The van der Waals surface area contributed by atoms with Crippen LogP contribution in [0.1, 0.15) is 28.5 Å². The van der Waals surface area contributed by atoms with Crippen molar-refractivity contribution in [2.45, 2.75) is 20.3 Å². The number of para-hydroxylation sites is 1. The van der Waals surface area contributed by atoms with Gasteiger partial charge in [0.1, 0.15) is 5.69 Å². The molecule has 1 aromatic carbocycles. The zero-order valence-electron chi connectivity index (χ0n) is 9.82. The highest BCUT2D eigenvalue weighted by Crippen LogP contribution is 2.21. The van der Waals surface area contributed by atoms with Crippen LogP contribution in [0.15, 0.2) is 24.3 Å². The number of hydrogen-bond donors (Lipinski definition) is 2. The van der Waals surface area contributed by atoms with Crippen molar-refractivity contribution >= 4 is 16.8 Å². The quantitative estimate of drug-likeness (QED) is 0.614. The van der Waals surface area contributed by atoms with Gasteiger partial charge in [-0.2, -0.15) is 0 Å². The third kappa shape index (κ3) is 1.99. The van der Waals surface area contributed by atoms with Crippen LogP contribution in [0.3, 0.4) is 0 Å². The monoisotopic (exact) mass is 230 g/mol. The van der Waals surface area contributed by atoms with Crippen molar-refractivity contribution in [3.63, 3.8) is 0 Å². The number of rotatable bonds is 2. The van der Waals surface area contributed by atoms with Crippen molar-refractivity contribution in [2.75, 3.05) is 0 Å². The number of carbonyl (C=O) groups excluding carboxylic acids is 1. The Hall–Kier alpha value is -1.94. The maximum absolute atomic E-state index is 11.4. The van der Waals surface area contributed by atoms with Gasteiger partial charge in [0, 0.05) is 5.39 Å². The van der Waals surface area contributed by atoms with Gasteiger partial charge in [-0.05, 0) is 30.5 Å². The fraction of sp³-hybridized carbons (Fsp3) is 0.231. The topological polar surface area (TPSA) is 62.2 Å². The summed E-state index contributed by atoms with van der Waals surface area (Å²) in [5.41, 5.74) is 4.74. The number of nitrogens with zero attached hydrogens (tertiary/aromatic N) is 1. The second-order valence-corrected chi connectivity index (χ2v) is 3.93. The molecular formula is C13H14N2O2. The fourth-order valence-electron chi connectivity index (χ4n) is 1.94. The molecule has 0 aliphatic rings. The van der Waals surface area contributed by atoms with Crippen LogP contribution in [0, 0.1) is 6.92 Å². The second kappa shape index (κ2) is 4.51. The van der Waals surface area contributed by atoms with E-state index in [1.807, 2.05) is 32.0 Å². The first-order chi connectivity index (χ1) is 8.17. The average Bonchev–Trinajstić information content (AvgIpc) is 2.37. The lowest BCUT2D eigenvalue weighted by Crippen LogP contribution is -2.20. The average molecular weight is 230 g/mol. The summed E-state index contributed by atoms with van der Waals surface area (Å²) < 4.78 is 0. The predicted octanol–water partition coefficient (Wildman–Crippen LogP) is 2.22. The molecule has 1 amide bonds. The lowest BCUT2D eigenvalue weighted by molar-refractivity contribution is 0.0701. The molecule has 17 heavy (non-hydrogen) atoms. The van der Waals surface area contributed by atoms with Crippen LogP contribution in [0.5, 0.6) is 0 Å². The van der Waals surface area contributed by atoms with Crippen LogP contribution in [-0.2, 0) is 6.42 Å². The molecule has 1 heterocycles. The molecular weight excluding hydrogens is 216 g/mol. The number of nitrogens with one attached hydrogen (secondary N) is 1. The van der Waals surface area contributed by atoms with Gasteiger partial charge in [0.15, 0.2) is 0 Å². The molecule has 0 aliphatic carbocycles. The van der Waals surface area contributed by atoms with E-state index in [2.05, 4.69) is 4.98 Å². The molecule has 88 valence electrons. The Bertz CT molecular complexity index is 579. The molecule has 4 heteroatoms. The van der Waals surface area contributed by atoms with Crippen molar-refractivity contribution in [3.05, 3.63) is 41.1 Å². The molecule has 0 radical (unpaired) electrons. The normalized spacial score (nSPS) is 10.5. The van der Waals surface area contributed by atoms with E-state index < -0.39 is 5.91 Å². The molecule has 0 bridgehead atoms. The maximum atomic E-state index is 11.4. The van der Waals surface area contributed by atoms with Crippen molar-refractivity contribution in [3.8, 4) is 0 Å². The molecule has 0 saturated heterocycles. The molecule has 0 fully saturated rings. The lowest BCUT2D eigenvalue weighted by Gasteiger charge is -2.08. The number of amides is 1. The van der Waals surface area contributed by atoms with Gasteiger partial charge in [0.2, 0.25) is 0 Å². The molecule has 0 saturated carbocycles. The van der Waals surface area contributed by atoms with E-state index in [1.54, 1.807) is 11.5 Å². The first kappa shape index (κ1) is 11.5. The molecule has 2 N–H and O–H groups in total. The number of hydrogen-bond acceptors (Lipinski definition) is 3. The Morgan fingerprint density at radius 2 is 2.24 bits per heavy atom. The maximum Gasteiger partial charge on any atom is 0.293 e. The fourth-order valence-corrected chi connectivity index (χ4v) is 1.94. The van der Waals surface area contributed by atoms with Gasteiger partial charge in [0.05, 0.1) is 5.52 Å². The van der Waals surface area contributed by atoms with Gasteiger partial charge in [-0.3, -0.25) is 10.0 Å². The SMILES string of the molecule is CCc1cccc2c(C)cc(C(=O)NO)nc12. The van der Waals surface area contributed by atoms with Crippen LogP contribution in [-0.4, -0.2) is 16.1 Å². The van der Waals surface area contributed by atoms with Crippen LogP contribution in [0.4, 0.5) is 0 Å². The van der Waals surface area contributed by atoms with Gasteiger partial charge in [-0.1, -0.05) is 25.1 Å². The van der Waals surface area contributed by atoms with E-state index in [0.717, 1.165) is 28.5 Å². The van der Waals surface area contributed by atoms with E-state index in [1.165, 1.54) is 0 Å². The highest BCUT2D eigenvalue weighted by molar-refractivity contribution is 5.95. The van der Waals surface area contributed by atoms with Crippen LogP contribution < -0.4 is 5.48 Å². The van der Waals surface area contributed by atoms with E-state index in [0.29, 0.717) is 0 Å². The molecule has 2 rings (SSSR count). The van der Waals surface area contributed by atoms with E-state index in [4.69, 9.17) is 5.21 Å². The zero-order valence-corrected chi connectivity index (χ0v) is 9.82. The van der Waals surface area contributed by atoms with Crippen LogP contribution in [0.2, 0.25) is 0 Å². The zero-order chi connectivity index (χ0) is 12.4. The minimum absolute atomic E-state index is 0.235. The van der Waals surface area contributed by atoms with E-state index in [9.17, 15) is 4.79 Å². The summed E-state index contributed by atoms with van der Waals surface area (Å²) in [5.74, 6) is -0.582. The summed E-state index contributed by atoms with van der Waals surface area (Å²) in [6.07, 6.45) is 0.855. The van der Waals surface area contributed by atoms with E-state index in [-0.39, 0.29) is 5.69 Å². The Morgan fingerprint density at radius 3 is 2.88 bits per heavy atom. The largest absolute Gasteiger partial charge is 0.293 e. The van der Waals surface area contributed by atoms with E-state index >= 15 is 0 Å². The minimum Gasteiger partial charge on any atom is -0.288 e. The summed E-state index contributed by atoms with van der Waals surface area (Å²) in [6.45, 7) is 3.97. The Morgan fingerprint density at radius 1 is 1.47 bits per heavy atom. The number of aryl methyl sites for hydroxylation is 2. The molecule has 1 aromatic heterocycles. The highest BCUT2D eigenvalue weighted by Gasteiger charge is 2.11. The van der Waals surface area contributed by atoms with Crippen molar-refractivity contribution in [1.82, 2.24) is 10.5 Å². The number of benzene rings is 1. The number of aromatic nitrogens is 1. The summed E-state index contributed by atoms with van der Waals surface area (Å²) in [5, 5.41) is 9.68. The number of hydroxylamine groups is 1. The third-order valence-electron chi connectivity index (χ3n) is 2.84. The van der Waals surface area contributed by atoms with Crippen LogP contribution >= 0.6 is 0 Å². The second-order valence-electron chi connectivity index (χ2n) is 3.93. The van der Waals surface area contributed by atoms with Crippen molar-refractivity contribution < 1.29 is 10.0 Å². The summed E-state index contributed by atoms with van der Waals surface area (Å²) in [7, 11) is 0. The number of carbonyl (C=O) groups is 1. The molecule has 0 spiro atoms. The Labute approximate surface area is 99.3 Å². The molecule has 2 aromatic rings. The van der Waals surface area contributed by atoms with Crippen LogP contribution in [0.25, 0.3) is 10.9 Å². The van der Waals surface area contributed by atoms with Gasteiger partial charge in [-0.25, -0.2) is 10.5 Å². The molecule has 0 unspecified atom stereocenters. The van der Waals surface area contributed by atoms with Gasteiger partial charge >= 0.3 is 0 Å². The van der Waals surface area contributed by atoms with Gasteiger partial charge < -0.3 is 0 Å². The van der Waals surface area contributed by atoms with Crippen molar-refractivity contribution in [1.29, 1.82) is 0 Å². The lowest BCUT2D eigenvalue weighted by atomic mass is 10.0.